The Morgan fingerprint density at radius 2 is 2.40 bits per heavy atom. The van der Waals surface area contributed by atoms with Gasteiger partial charge >= 0.3 is 0 Å². The molecule has 1 aliphatic rings. The summed E-state index contributed by atoms with van der Waals surface area (Å²) in [6.45, 7) is 1.54. The van der Waals surface area contributed by atoms with Crippen LogP contribution in [0.15, 0.2) is 11.4 Å². The summed E-state index contributed by atoms with van der Waals surface area (Å²) in [6.07, 6.45) is 2.32. The van der Waals surface area contributed by atoms with E-state index in [4.69, 9.17) is 0 Å². The lowest BCUT2D eigenvalue weighted by molar-refractivity contribution is -0.119. The first-order valence-corrected chi connectivity index (χ1v) is 6.09. The molecule has 1 amide bonds. The molecule has 2 unspecified atom stereocenters. The van der Waals surface area contributed by atoms with Gasteiger partial charge < -0.3 is 10.4 Å². The van der Waals surface area contributed by atoms with E-state index in [0.29, 0.717) is 0 Å². The van der Waals surface area contributed by atoms with E-state index in [1.54, 1.807) is 11.3 Å². The van der Waals surface area contributed by atoms with E-state index in [-0.39, 0.29) is 18.1 Å². The summed E-state index contributed by atoms with van der Waals surface area (Å²) >= 11 is 1.58. The fourth-order valence-corrected chi connectivity index (χ4v) is 3.07. The first-order valence-electron chi connectivity index (χ1n) is 5.21. The van der Waals surface area contributed by atoms with Crippen LogP contribution in [0.25, 0.3) is 0 Å². The number of nitrogens with one attached hydrogen (secondary N) is 1. The van der Waals surface area contributed by atoms with Crippen molar-refractivity contribution in [2.45, 2.75) is 38.3 Å². The molecule has 1 aromatic rings. The first kappa shape index (κ1) is 10.6. The average molecular weight is 225 g/mol. The van der Waals surface area contributed by atoms with Crippen molar-refractivity contribution in [3.8, 4) is 0 Å². The molecule has 0 fully saturated rings. The number of hydrogen-bond acceptors (Lipinski definition) is 3. The Kier molecular flexibility index (Phi) is 3.07. The fraction of sp³-hybridized carbons (Fsp3) is 0.545. The SMILES string of the molecule is CC(=O)NC1CCCC(O)c2sccc21. The lowest BCUT2D eigenvalue weighted by atomic mass is 10.1. The quantitative estimate of drug-likeness (QED) is 0.719. The monoisotopic (exact) mass is 225 g/mol. The Bertz CT molecular complexity index is 361. The zero-order chi connectivity index (χ0) is 10.8. The molecule has 0 aliphatic heterocycles. The maximum Gasteiger partial charge on any atom is 0.217 e. The number of thiophene rings is 1. The van der Waals surface area contributed by atoms with Crippen LogP contribution in [0, 0.1) is 0 Å². The molecule has 1 heterocycles. The van der Waals surface area contributed by atoms with Crippen molar-refractivity contribution < 1.29 is 9.90 Å². The van der Waals surface area contributed by atoms with Crippen molar-refractivity contribution in [2.75, 3.05) is 0 Å². The van der Waals surface area contributed by atoms with Gasteiger partial charge in [-0.3, -0.25) is 4.79 Å². The van der Waals surface area contributed by atoms with Crippen LogP contribution in [0.2, 0.25) is 0 Å². The van der Waals surface area contributed by atoms with Crippen LogP contribution in [0.4, 0.5) is 0 Å². The second kappa shape index (κ2) is 4.33. The summed E-state index contributed by atoms with van der Waals surface area (Å²) in [4.78, 5) is 12.1. The van der Waals surface area contributed by atoms with Gasteiger partial charge in [0.25, 0.3) is 0 Å². The maximum atomic E-state index is 11.1. The third-order valence-electron chi connectivity index (χ3n) is 2.75. The second-order valence-corrected chi connectivity index (χ2v) is 4.89. The minimum atomic E-state index is -0.348. The number of rotatable bonds is 1. The van der Waals surface area contributed by atoms with Crippen molar-refractivity contribution in [3.63, 3.8) is 0 Å². The number of carbonyl (C=O) groups excluding carboxylic acids is 1. The van der Waals surface area contributed by atoms with E-state index in [0.717, 1.165) is 29.7 Å². The van der Waals surface area contributed by atoms with E-state index in [2.05, 4.69) is 5.32 Å². The molecule has 1 aromatic heterocycles. The van der Waals surface area contributed by atoms with Crippen molar-refractivity contribution in [3.05, 3.63) is 21.9 Å². The van der Waals surface area contributed by atoms with E-state index in [9.17, 15) is 9.90 Å². The van der Waals surface area contributed by atoms with Crippen LogP contribution in [0.5, 0.6) is 0 Å². The molecule has 3 nitrogen and oxygen atoms in total. The summed E-state index contributed by atoms with van der Waals surface area (Å²) in [5.74, 6) is -0.00598. The van der Waals surface area contributed by atoms with Crippen molar-refractivity contribution >= 4 is 17.2 Å². The molecule has 0 spiro atoms. The number of aliphatic hydroxyl groups is 1. The van der Waals surface area contributed by atoms with Crippen molar-refractivity contribution in [2.24, 2.45) is 0 Å². The van der Waals surface area contributed by atoms with Crippen LogP contribution in [-0.2, 0) is 4.79 Å². The Morgan fingerprint density at radius 3 is 3.13 bits per heavy atom. The minimum Gasteiger partial charge on any atom is -0.388 e. The van der Waals surface area contributed by atoms with Crippen LogP contribution >= 0.6 is 11.3 Å². The standard InChI is InChI=1S/C11H15NO2S/c1-7(13)12-9-3-2-4-10(14)11-8(9)5-6-15-11/h5-6,9-10,14H,2-4H2,1H3,(H,12,13). The summed E-state index contributed by atoms with van der Waals surface area (Å²) in [5.41, 5.74) is 1.10. The van der Waals surface area contributed by atoms with Crippen molar-refractivity contribution in [1.29, 1.82) is 0 Å². The van der Waals surface area contributed by atoms with E-state index < -0.39 is 0 Å². The average Bonchev–Trinajstić information content (AvgIpc) is 2.59. The number of hydrogen-bond donors (Lipinski definition) is 2. The Morgan fingerprint density at radius 1 is 1.60 bits per heavy atom. The molecule has 0 bridgehead atoms. The topological polar surface area (TPSA) is 49.3 Å². The Hall–Kier alpha value is -0.870. The molecule has 0 aromatic carbocycles. The molecule has 4 heteroatoms. The van der Waals surface area contributed by atoms with Gasteiger partial charge in [-0.2, -0.15) is 0 Å². The van der Waals surface area contributed by atoms with E-state index in [1.807, 2.05) is 11.4 Å². The molecule has 0 saturated heterocycles. The van der Waals surface area contributed by atoms with Gasteiger partial charge in [-0.25, -0.2) is 0 Å². The van der Waals surface area contributed by atoms with Gasteiger partial charge in [0.1, 0.15) is 0 Å². The molecule has 0 radical (unpaired) electrons. The molecule has 2 N–H and O–H groups in total. The highest BCUT2D eigenvalue weighted by Gasteiger charge is 2.24. The predicted octanol–water partition coefficient (Wildman–Crippen LogP) is 2.14. The molecular weight excluding hydrogens is 210 g/mol. The molecular formula is C11H15NO2S. The number of carbonyl (C=O) groups is 1. The van der Waals surface area contributed by atoms with Crippen molar-refractivity contribution in [1.82, 2.24) is 5.32 Å². The van der Waals surface area contributed by atoms with Gasteiger partial charge in [-0.1, -0.05) is 0 Å². The van der Waals surface area contributed by atoms with Gasteiger partial charge in [0, 0.05) is 11.8 Å². The minimum absolute atomic E-state index is 0.00598. The second-order valence-electron chi connectivity index (χ2n) is 3.94. The summed E-state index contributed by atoms with van der Waals surface area (Å²) in [7, 11) is 0. The summed E-state index contributed by atoms with van der Waals surface area (Å²) in [5, 5.41) is 14.8. The molecule has 2 atom stereocenters. The highest BCUT2D eigenvalue weighted by Crippen LogP contribution is 2.37. The maximum absolute atomic E-state index is 11.1. The van der Waals surface area contributed by atoms with Crippen LogP contribution in [0.1, 0.15) is 48.8 Å². The largest absolute Gasteiger partial charge is 0.388 e. The van der Waals surface area contributed by atoms with Crippen LogP contribution in [-0.4, -0.2) is 11.0 Å². The zero-order valence-corrected chi connectivity index (χ0v) is 9.51. The molecule has 15 heavy (non-hydrogen) atoms. The van der Waals surface area contributed by atoms with Gasteiger partial charge in [-0.15, -0.1) is 11.3 Å². The van der Waals surface area contributed by atoms with Gasteiger partial charge in [0.05, 0.1) is 12.1 Å². The lowest BCUT2D eigenvalue weighted by Gasteiger charge is -2.15. The Balaban J connectivity index is 2.27. The molecule has 2 rings (SSSR count). The highest BCUT2D eigenvalue weighted by molar-refractivity contribution is 7.10. The third kappa shape index (κ3) is 2.21. The van der Waals surface area contributed by atoms with E-state index in [1.165, 1.54) is 6.92 Å². The third-order valence-corrected chi connectivity index (χ3v) is 3.79. The lowest BCUT2D eigenvalue weighted by Crippen LogP contribution is -2.25. The molecule has 82 valence electrons. The first-order chi connectivity index (χ1) is 7.18. The highest BCUT2D eigenvalue weighted by atomic mass is 32.1. The van der Waals surface area contributed by atoms with Crippen LogP contribution in [0.3, 0.4) is 0 Å². The molecule has 1 aliphatic carbocycles. The predicted molar refractivity (Wildman–Crippen MR) is 59.7 cm³/mol. The number of fused-ring (bicyclic) bond motifs is 1. The normalized spacial score (nSPS) is 25.5. The fourth-order valence-electron chi connectivity index (χ4n) is 2.09. The summed E-state index contributed by atoms with van der Waals surface area (Å²) in [6, 6.07) is 2.09. The summed E-state index contributed by atoms with van der Waals surface area (Å²) < 4.78 is 0. The van der Waals surface area contributed by atoms with Gasteiger partial charge in [0.15, 0.2) is 0 Å². The number of aliphatic hydroxyl groups excluding tert-OH is 1. The van der Waals surface area contributed by atoms with Gasteiger partial charge in [-0.05, 0) is 36.3 Å². The zero-order valence-electron chi connectivity index (χ0n) is 8.69. The van der Waals surface area contributed by atoms with E-state index >= 15 is 0 Å². The van der Waals surface area contributed by atoms with Gasteiger partial charge in [0.2, 0.25) is 5.91 Å². The van der Waals surface area contributed by atoms with Crippen LogP contribution < -0.4 is 5.32 Å². The number of amides is 1. The smallest absolute Gasteiger partial charge is 0.217 e. The Labute approximate surface area is 93.1 Å². The molecule has 0 saturated carbocycles.